The molecule has 2 heterocycles. The molecule has 0 unspecified atom stereocenters. The number of thioether (sulfide) groups is 1. The van der Waals surface area contributed by atoms with Crippen LogP contribution in [0.3, 0.4) is 0 Å². The topological polar surface area (TPSA) is 59.8 Å². The van der Waals surface area contributed by atoms with Gasteiger partial charge in [0.2, 0.25) is 0 Å². The Labute approximate surface area is 187 Å². The minimum atomic E-state index is -0.367. The molecule has 30 heavy (non-hydrogen) atoms. The number of nitrogens with zero attached hydrogens (tertiary/aromatic N) is 1. The Balaban J connectivity index is 1.43. The fourth-order valence-electron chi connectivity index (χ4n) is 2.83. The van der Waals surface area contributed by atoms with E-state index >= 15 is 0 Å². The second-order valence-electron chi connectivity index (χ2n) is 6.33. The number of ether oxygens (including phenoxy) is 1. The van der Waals surface area contributed by atoms with Gasteiger partial charge in [0.1, 0.15) is 23.9 Å². The van der Waals surface area contributed by atoms with E-state index in [4.69, 9.17) is 32.4 Å². The van der Waals surface area contributed by atoms with Crippen molar-refractivity contribution in [1.29, 1.82) is 0 Å². The van der Waals surface area contributed by atoms with Crippen LogP contribution in [0.2, 0.25) is 10.0 Å². The maximum Gasteiger partial charge on any atom is 0.293 e. The summed E-state index contributed by atoms with van der Waals surface area (Å²) in [5.74, 6) is 1.36. The molecular weight excluding hydrogens is 445 g/mol. The first-order valence-electron chi connectivity index (χ1n) is 9.00. The van der Waals surface area contributed by atoms with Crippen molar-refractivity contribution in [3.05, 3.63) is 81.4 Å². The highest BCUT2D eigenvalue weighted by Gasteiger charge is 2.35. The smallest absolute Gasteiger partial charge is 0.293 e. The predicted molar refractivity (Wildman–Crippen MR) is 119 cm³/mol. The molecule has 1 saturated heterocycles. The summed E-state index contributed by atoms with van der Waals surface area (Å²) < 4.78 is 11.4. The zero-order valence-corrected chi connectivity index (χ0v) is 17.8. The molecule has 152 valence electrons. The summed E-state index contributed by atoms with van der Waals surface area (Å²) in [6, 6.07) is 17.9. The molecule has 1 aliphatic heterocycles. The number of benzene rings is 2. The first-order chi connectivity index (χ1) is 14.5. The monoisotopic (exact) mass is 459 g/mol. The quantitative estimate of drug-likeness (QED) is 0.400. The third-order valence-electron chi connectivity index (χ3n) is 4.30. The number of amides is 2. The molecule has 0 bridgehead atoms. The van der Waals surface area contributed by atoms with Crippen LogP contribution in [-0.4, -0.2) is 29.2 Å². The fraction of sp³-hybridized carbons (Fsp3) is 0.0909. The largest absolute Gasteiger partial charge is 0.492 e. The van der Waals surface area contributed by atoms with Crippen LogP contribution >= 0.6 is 35.0 Å². The van der Waals surface area contributed by atoms with E-state index < -0.39 is 0 Å². The van der Waals surface area contributed by atoms with Crippen LogP contribution in [0, 0.1) is 0 Å². The average molecular weight is 460 g/mol. The molecule has 0 spiro atoms. The lowest BCUT2D eigenvalue weighted by Gasteiger charge is -2.13. The summed E-state index contributed by atoms with van der Waals surface area (Å²) >= 11 is 12.9. The SMILES string of the molecule is O=C1S/C(=C\c2ccc(-c3ccc(Cl)c(Cl)c3)o2)C(=O)N1CCOc1ccccc1. The van der Waals surface area contributed by atoms with Gasteiger partial charge in [-0.1, -0.05) is 41.4 Å². The van der Waals surface area contributed by atoms with Crippen LogP contribution in [0.5, 0.6) is 5.75 Å². The van der Waals surface area contributed by atoms with Crippen LogP contribution in [0.1, 0.15) is 5.76 Å². The molecule has 2 aromatic carbocycles. The lowest BCUT2D eigenvalue weighted by molar-refractivity contribution is -0.123. The highest BCUT2D eigenvalue weighted by atomic mass is 35.5. The maximum absolute atomic E-state index is 12.6. The Morgan fingerprint density at radius 2 is 1.80 bits per heavy atom. The van der Waals surface area contributed by atoms with E-state index in [0.29, 0.717) is 32.2 Å². The minimum absolute atomic E-state index is 0.170. The van der Waals surface area contributed by atoms with Crippen LogP contribution in [0.4, 0.5) is 4.79 Å². The number of rotatable bonds is 6. The van der Waals surface area contributed by atoms with Gasteiger partial charge in [0, 0.05) is 11.6 Å². The van der Waals surface area contributed by atoms with E-state index in [2.05, 4.69) is 0 Å². The summed E-state index contributed by atoms with van der Waals surface area (Å²) in [6.07, 6.45) is 1.56. The van der Waals surface area contributed by atoms with Gasteiger partial charge in [-0.25, -0.2) is 0 Å². The molecule has 0 saturated carbocycles. The second kappa shape index (κ2) is 9.00. The van der Waals surface area contributed by atoms with Crippen molar-refractivity contribution in [2.75, 3.05) is 13.2 Å². The molecule has 0 aliphatic carbocycles. The highest BCUT2D eigenvalue weighted by molar-refractivity contribution is 8.18. The number of furan rings is 1. The molecule has 3 aromatic rings. The van der Waals surface area contributed by atoms with Crippen LogP contribution in [0.25, 0.3) is 17.4 Å². The Kier molecular flexibility index (Phi) is 6.18. The second-order valence-corrected chi connectivity index (χ2v) is 8.13. The first-order valence-corrected chi connectivity index (χ1v) is 10.6. The summed E-state index contributed by atoms with van der Waals surface area (Å²) in [5.41, 5.74) is 0.759. The van der Waals surface area contributed by atoms with Crippen molar-refractivity contribution < 1.29 is 18.7 Å². The molecule has 4 rings (SSSR count). The van der Waals surface area contributed by atoms with Crippen LogP contribution in [0.15, 0.2) is 70.0 Å². The molecule has 0 radical (unpaired) electrons. The number of halogens is 2. The van der Waals surface area contributed by atoms with Gasteiger partial charge >= 0.3 is 0 Å². The Morgan fingerprint density at radius 1 is 1.00 bits per heavy atom. The number of hydrogen-bond acceptors (Lipinski definition) is 5. The molecule has 0 N–H and O–H groups in total. The first kappa shape index (κ1) is 20.6. The molecule has 1 aliphatic rings. The van der Waals surface area contributed by atoms with Crippen LogP contribution in [-0.2, 0) is 4.79 Å². The molecule has 1 aromatic heterocycles. The van der Waals surface area contributed by atoms with E-state index in [9.17, 15) is 9.59 Å². The zero-order valence-electron chi connectivity index (χ0n) is 15.5. The lowest BCUT2D eigenvalue weighted by Crippen LogP contribution is -2.32. The average Bonchev–Trinajstić information content (AvgIpc) is 3.31. The van der Waals surface area contributed by atoms with Crippen molar-refractivity contribution in [2.24, 2.45) is 0 Å². The number of carbonyl (C=O) groups excluding carboxylic acids is 2. The summed E-state index contributed by atoms with van der Waals surface area (Å²) in [6.45, 7) is 0.390. The van der Waals surface area contributed by atoms with Gasteiger partial charge in [0.25, 0.3) is 11.1 Å². The van der Waals surface area contributed by atoms with Crippen molar-refractivity contribution in [3.63, 3.8) is 0 Å². The summed E-state index contributed by atoms with van der Waals surface area (Å²) in [5, 5.41) is 0.544. The third kappa shape index (κ3) is 4.56. The van der Waals surface area contributed by atoms with Gasteiger partial charge in [-0.15, -0.1) is 0 Å². The maximum atomic E-state index is 12.6. The van der Waals surface area contributed by atoms with Gasteiger partial charge in [0.15, 0.2) is 0 Å². The lowest BCUT2D eigenvalue weighted by atomic mass is 10.2. The van der Waals surface area contributed by atoms with Gasteiger partial charge in [-0.2, -0.15) is 0 Å². The highest BCUT2D eigenvalue weighted by Crippen LogP contribution is 2.34. The standard InChI is InChI=1S/C22H15Cl2NO4S/c23-17-8-6-14(12-18(17)24)19-9-7-16(29-19)13-20-21(26)25(22(27)30-20)10-11-28-15-4-2-1-3-5-15/h1-9,12-13H,10-11H2/b20-13-. The molecule has 5 nitrogen and oxygen atoms in total. The van der Waals surface area contributed by atoms with Gasteiger partial charge in [0.05, 0.1) is 21.5 Å². The van der Waals surface area contributed by atoms with E-state index in [-0.39, 0.29) is 24.3 Å². The van der Waals surface area contributed by atoms with Crippen molar-refractivity contribution >= 4 is 52.2 Å². The fourth-order valence-corrected chi connectivity index (χ4v) is 3.97. The van der Waals surface area contributed by atoms with Crippen molar-refractivity contribution in [1.82, 2.24) is 4.90 Å². The third-order valence-corrected chi connectivity index (χ3v) is 5.95. The number of imide groups is 1. The Morgan fingerprint density at radius 3 is 2.57 bits per heavy atom. The van der Waals surface area contributed by atoms with Gasteiger partial charge in [-0.3, -0.25) is 14.5 Å². The van der Waals surface area contributed by atoms with E-state index in [1.807, 2.05) is 30.3 Å². The van der Waals surface area contributed by atoms with Crippen molar-refractivity contribution in [2.45, 2.75) is 0 Å². The summed E-state index contributed by atoms with van der Waals surface area (Å²) in [4.78, 5) is 26.3. The Hall–Kier alpha value is -2.67. The zero-order chi connectivity index (χ0) is 21.1. The minimum Gasteiger partial charge on any atom is -0.492 e. The summed E-state index contributed by atoms with van der Waals surface area (Å²) in [7, 11) is 0. The molecule has 8 heteroatoms. The van der Waals surface area contributed by atoms with E-state index in [0.717, 1.165) is 17.3 Å². The van der Waals surface area contributed by atoms with E-state index in [1.165, 1.54) is 4.90 Å². The normalized spacial score (nSPS) is 15.3. The molecular formula is C22H15Cl2NO4S. The Bertz CT molecular complexity index is 1130. The number of hydrogen-bond donors (Lipinski definition) is 0. The van der Waals surface area contributed by atoms with E-state index in [1.54, 1.807) is 36.4 Å². The predicted octanol–water partition coefficient (Wildman–Crippen LogP) is 6.37. The number of carbonyl (C=O) groups is 2. The van der Waals surface area contributed by atoms with Gasteiger partial charge in [-0.05, 0) is 54.2 Å². The number of para-hydroxylation sites is 1. The van der Waals surface area contributed by atoms with Crippen molar-refractivity contribution in [3.8, 4) is 17.1 Å². The van der Waals surface area contributed by atoms with Gasteiger partial charge < -0.3 is 9.15 Å². The molecule has 1 fully saturated rings. The molecule has 0 atom stereocenters. The molecule has 2 amide bonds. The van der Waals surface area contributed by atoms with Crippen LogP contribution < -0.4 is 4.74 Å².